The lowest BCUT2D eigenvalue weighted by atomic mass is 9.83. The summed E-state index contributed by atoms with van der Waals surface area (Å²) in [5.74, 6) is 1.11. The van der Waals surface area contributed by atoms with Gasteiger partial charge in [0.05, 0.1) is 5.75 Å². The Morgan fingerprint density at radius 3 is 2.70 bits per heavy atom. The molecule has 0 N–H and O–H groups in total. The van der Waals surface area contributed by atoms with Gasteiger partial charge < -0.3 is 9.47 Å². The molecule has 0 unspecified atom stereocenters. The molecule has 0 spiro atoms. The molecule has 2 aliphatic rings. The number of benzene rings is 1. The maximum Gasteiger partial charge on any atom is 0.250 e. The van der Waals surface area contributed by atoms with Crippen LogP contribution in [0.4, 0.5) is 0 Å². The number of rotatable bonds is 3. The van der Waals surface area contributed by atoms with Crippen LogP contribution in [-0.4, -0.2) is 38.4 Å². The van der Waals surface area contributed by atoms with Crippen LogP contribution in [0.15, 0.2) is 47.3 Å². The van der Waals surface area contributed by atoms with Crippen LogP contribution in [0, 0.1) is 5.92 Å². The Kier molecular flexibility index (Phi) is 5.39. The molecule has 1 aromatic carbocycles. The number of hydrogen-bond donors (Lipinski definition) is 0. The highest BCUT2D eigenvalue weighted by Gasteiger charge is 2.35. The smallest absolute Gasteiger partial charge is 0.250 e. The van der Waals surface area contributed by atoms with Crippen molar-refractivity contribution in [3.05, 3.63) is 69.1 Å². The summed E-state index contributed by atoms with van der Waals surface area (Å²) >= 11 is 12.9. The first-order chi connectivity index (χ1) is 13.0. The molecule has 7 heteroatoms. The molecule has 3 heterocycles. The molecule has 0 saturated carbocycles. The van der Waals surface area contributed by atoms with Crippen LogP contribution in [0.3, 0.4) is 0 Å². The van der Waals surface area contributed by atoms with Gasteiger partial charge in [-0.3, -0.25) is 9.59 Å². The Labute approximate surface area is 172 Å². The van der Waals surface area contributed by atoms with E-state index in [0.717, 1.165) is 36.1 Å². The zero-order valence-corrected chi connectivity index (χ0v) is 17.0. The number of ketones is 1. The monoisotopic (exact) mass is 418 g/mol. The summed E-state index contributed by atoms with van der Waals surface area (Å²) in [5, 5.41) is 0.619. The van der Waals surface area contributed by atoms with Crippen molar-refractivity contribution >= 4 is 45.7 Å². The van der Waals surface area contributed by atoms with E-state index in [9.17, 15) is 9.59 Å². The van der Waals surface area contributed by atoms with Crippen LogP contribution in [0.1, 0.15) is 28.4 Å². The summed E-state index contributed by atoms with van der Waals surface area (Å²) in [5.41, 5.74) is 1.84. The Hall–Kier alpha value is -1.63. The Morgan fingerprint density at radius 1 is 1.15 bits per heavy atom. The molecule has 2 aromatic rings. The number of aromatic nitrogens is 1. The number of nitrogens with zero attached hydrogens (tertiary/aromatic N) is 2. The first-order valence-corrected chi connectivity index (χ1v) is 10.7. The molecule has 1 saturated heterocycles. The minimum Gasteiger partial charge on any atom is -0.356 e. The van der Waals surface area contributed by atoms with Gasteiger partial charge in [0.25, 0.3) is 5.56 Å². The van der Waals surface area contributed by atoms with Crippen LogP contribution in [0.25, 0.3) is 0 Å². The summed E-state index contributed by atoms with van der Waals surface area (Å²) in [7, 11) is 0. The summed E-state index contributed by atoms with van der Waals surface area (Å²) in [6.45, 7) is 2.40. The van der Waals surface area contributed by atoms with Crippen LogP contribution in [0.5, 0.6) is 0 Å². The number of carbonyl (C=O) groups excluding carboxylic acids is 1. The van der Waals surface area contributed by atoms with Crippen molar-refractivity contribution in [2.45, 2.75) is 18.9 Å². The maximum atomic E-state index is 12.4. The lowest BCUT2D eigenvalue weighted by molar-refractivity contribution is 0.102. The third-order valence-corrected chi connectivity index (χ3v) is 7.01. The second-order valence-corrected chi connectivity index (χ2v) is 9.13. The molecule has 0 amide bonds. The van der Waals surface area contributed by atoms with E-state index in [2.05, 4.69) is 4.90 Å². The number of hydrogen-bond acceptors (Lipinski definition) is 4. The zero-order chi connectivity index (χ0) is 19.0. The van der Waals surface area contributed by atoms with Crippen molar-refractivity contribution in [2.24, 2.45) is 5.92 Å². The lowest BCUT2D eigenvalue weighted by Crippen LogP contribution is -2.48. The minimum absolute atomic E-state index is 0.0492. The second kappa shape index (κ2) is 7.78. The van der Waals surface area contributed by atoms with Crippen molar-refractivity contribution < 1.29 is 4.79 Å². The third-order valence-electron chi connectivity index (χ3n) is 5.23. The summed E-state index contributed by atoms with van der Waals surface area (Å²) in [6, 6.07) is 12.5. The highest BCUT2D eigenvalue weighted by atomic mass is 35.5. The first-order valence-electron chi connectivity index (χ1n) is 8.91. The molecule has 140 valence electrons. The van der Waals surface area contributed by atoms with Crippen molar-refractivity contribution in [2.75, 3.05) is 18.8 Å². The van der Waals surface area contributed by atoms with Crippen LogP contribution in [-0.2, 0) is 6.54 Å². The third kappa shape index (κ3) is 3.98. The number of likely N-dealkylation sites (tertiary alicyclic amines) is 1. The fraction of sp³-hybridized carbons (Fsp3) is 0.350. The van der Waals surface area contributed by atoms with Crippen LogP contribution >= 0.6 is 35.6 Å². The molecule has 2 aliphatic heterocycles. The van der Waals surface area contributed by atoms with E-state index in [1.165, 1.54) is 11.8 Å². The fourth-order valence-electron chi connectivity index (χ4n) is 3.98. The van der Waals surface area contributed by atoms with Gasteiger partial charge in [-0.25, -0.2) is 0 Å². The van der Waals surface area contributed by atoms with Crippen molar-refractivity contribution in [1.29, 1.82) is 0 Å². The SMILES string of the molecule is O=C(CSC(=S)N1C[C@H]2C[C@H](C1)c1cccc(=O)n1C2)c1ccc(Cl)cc1. The van der Waals surface area contributed by atoms with Gasteiger partial charge in [0, 0.05) is 47.9 Å². The number of pyridine rings is 1. The van der Waals surface area contributed by atoms with Gasteiger partial charge in [-0.15, -0.1) is 0 Å². The van der Waals surface area contributed by atoms with E-state index in [-0.39, 0.29) is 11.3 Å². The summed E-state index contributed by atoms with van der Waals surface area (Å²) in [4.78, 5) is 26.7. The average Bonchev–Trinajstić information content (AvgIpc) is 2.67. The molecule has 0 radical (unpaired) electrons. The van der Waals surface area contributed by atoms with E-state index in [4.69, 9.17) is 23.8 Å². The van der Waals surface area contributed by atoms with E-state index < -0.39 is 0 Å². The predicted octanol–water partition coefficient (Wildman–Crippen LogP) is 3.82. The van der Waals surface area contributed by atoms with E-state index in [1.807, 2.05) is 16.7 Å². The van der Waals surface area contributed by atoms with Gasteiger partial charge >= 0.3 is 0 Å². The van der Waals surface area contributed by atoms with Crippen molar-refractivity contribution in [1.82, 2.24) is 9.47 Å². The van der Waals surface area contributed by atoms with Gasteiger partial charge in [-0.05, 0) is 42.7 Å². The second-order valence-electron chi connectivity index (χ2n) is 7.09. The predicted molar refractivity (Wildman–Crippen MR) is 114 cm³/mol. The normalized spacial score (nSPS) is 20.9. The number of halogens is 1. The van der Waals surface area contributed by atoms with E-state index >= 15 is 0 Å². The van der Waals surface area contributed by atoms with Gasteiger partial charge in [0.2, 0.25) is 0 Å². The van der Waals surface area contributed by atoms with E-state index in [1.54, 1.807) is 30.3 Å². The Bertz CT molecular complexity index is 942. The molecule has 1 aromatic heterocycles. The minimum atomic E-state index is 0.0492. The number of piperidine rings is 1. The quantitative estimate of drug-likeness (QED) is 0.560. The summed E-state index contributed by atoms with van der Waals surface area (Å²) < 4.78 is 2.68. The fourth-order valence-corrected chi connectivity index (χ4v) is 5.19. The van der Waals surface area contributed by atoms with Crippen molar-refractivity contribution in [3.63, 3.8) is 0 Å². The van der Waals surface area contributed by atoms with Crippen molar-refractivity contribution in [3.8, 4) is 0 Å². The first kappa shape index (κ1) is 18.7. The summed E-state index contributed by atoms with van der Waals surface area (Å²) in [6.07, 6.45) is 1.09. The average molecular weight is 419 g/mol. The number of carbonyl (C=O) groups is 1. The highest BCUT2D eigenvalue weighted by Crippen LogP contribution is 2.36. The lowest BCUT2D eigenvalue weighted by Gasteiger charge is -2.43. The molecule has 2 bridgehead atoms. The van der Waals surface area contributed by atoms with Gasteiger partial charge in [0.1, 0.15) is 4.32 Å². The largest absolute Gasteiger partial charge is 0.356 e. The highest BCUT2D eigenvalue weighted by molar-refractivity contribution is 8.23. The maximum absolute atomic E-state index is 12.4. The molecular formula is C20H19ClN2O2S2. The van der Waals surface area contributed by atoms with Gasteiger partial charge in [-0.1, -0.05) is 41.6 Å². The number of fused-ring (bicyclic) bond motifs is 4. The standard InChI is InChI=1S/C20H19ClN2O2S2/c21-16-6-4-14(5-7-16)18(24)12-27-20(26)22-9-13-8-15(11-22)17-2-1-3-19(25)23(17)10-13/h1-7,13,15H,8-12H2/t13-,15-/m1/s1. The number of thioether (sulfide) groups is 1. The van der Waals surface area contributed by atoms with Gasteiger partial charge in [0.15, 0.2) is 5.78 Å². The molecule has 27 heavy (non-hydrogen) atoms. The van der Waals surface area contributed by atoms with E-state index in [0.29, 0.717) is 28.2 Å². The van der Waals surface area contributed by atoms with Crippen LogP contribution < -0.4 is 5.56 Å². The molecule has 4 rings (SSSR count). The Balaban J connectivity index is 1.40. The number of Topliss-reactive ketones (excluding diaryl/α,β-unsaturated/α-hetero) is 1. The Morgan fingerprint density at radius 2 is 1.93 bits per heavy atom. The molecule has 0 aliphatic carbocycles. The molecule has 4 nitrogen and oxygen atoms in total. The molecular weight excluding hydrogens is 400 g/mol. The molecule has 2 atom stereocenters. The van der Waals surface area contributed by atoms with Gasteiger partial charge in [-0.2, -0.15) is 0 Å². The number of thiocarbonyl (C=S) groups is 1. The molecule has 1 fully saturated rings. The van der Waals surface area contributed by atoms with Crippen LogP contribution in [0.2, 0.25) is 5.02 Å². The zero-order valence-electron chi connectivity index (χ0n) is 14.6. The topological polar surface area (TPSA) is 42.3 Å².